The molecule has 3 N–H and O–H groups in total. The molecule has 1 aromatic heterocycles. The topological polar surface area (TPSA) is 85.2 Å². The highest BCUT2D eigenvalue weighted by atomic mass is 19.1. The summed E-state index contributed by atoms with van der Waals surface area (Å²) in [4.78, 5) is 27.4. The number of aromatic amines is 1. The highest BCUT2D eigenvalue weighted by molar-refractivity contribution is 6.16. The minimum atomic E-state index is -0.722. The molecule has 0 saturated carbocycles. The van der Waals surface area contributed by atoms with Gasteiger partial charge >= 0.3 is 0 Å². The maximum Gasteiger partial charge on any atom is 0.255 e. The number of fused-ring (bicyclic) bond motifs is 1. The fourth-order valence-electron chi connectivity index (χ4n) is 2.91. The summed E-state index contributed by atoms with van der Waals surface area (Å²) in [5.74, 6) is -1.21. The lowest BCUT2D eigenvalue weighted by Gasteiger charge is -2.12. The third-order valence-corrected chi connectivity index (χ3v) is 4.10. The van der Waals surface area contributed by atoms with Crippen LogP contribution in [0.2, 0.25) is 0 Å². The Labute approximate surface area is 143 Å². The Morgan fingerprint density at radius 1 is 1.16 bits per heavy atom. The number of ether oxygens (including phenoxy) is 1. The molecule has 0 radical (unpaired) electrons. The van der Waals surface area contributed by atoms with E-state index < -0.39 is 11.6 Å². The van der Waals surface area contributed by atoms with Crippen molar-refractivity contribution in [3.8, 4) is 5.75 Å². The average Bonchev–Trinajstić information content (AvgIpc) is 2.62. The number of carbonyl (C=O) groups excluding carboxylic acids is 1. The van der Waals surface area contributed by atoms with Gasteiger partial charge < -0.3 is 15.5 Å². The van der Waals surface area contributed by atoms with Gasteiger partial charge in [0.1, 0.15) is 0 Å². The molecule has 5 nitrogen and oxygen atoms in total. The van der Waals surface area contributed by atoms with E-state index in [9.17, 15) is 14.0 Å². The molecule has 0 fully saturated rings. The molecule has 0 amide bonds. The van der Waals surface area contributed by atoms with Crippen molar-refractivity contribution < 1.29 is 13.9 Å². The monoisotopic (exact) mass is 340 g/mol. The summed E-state index contributed by atoms with van der Waals surface area (Å²) in [6.45, 7) is 0.342. The summed E-state index contributed by atoms with van der Waals surface area (Å²) in [6, 6.07) is 9.48. The third-order valence-electron chi connectivity index (χ3n) is 4.10. The van der Waals surface area contributed by atoms with E-state index in [4.69, 9.17) is 10.5 Å². The van der Waals surface area contributed by atoms with Gasteiger partial charge in [0.15, 0.2) is 17.3 Å². The molecule has 0 saturated heterocycles. The van der Waals surface area contributed by atoms with Crippen molar-refractivity contribution >= 4 is 16.6 Å². The van der Waals surface area contributed by atoms with Crippen LogP contribution in [0, 0.1) is 5.82 Å². The fraction of sp³-hybridized carbons (Fsp3) is 0.158. The minimum absolute atomic E-state index is 0.0226. The maximum atomic E-state index is 14.8. The number of H-pyrrole nitrogens is 1. The van der Waals surface area contributed by atoms with Crippen molar-refractivity contribution in [3.05, 3.63) is 75.5 Å². The first kappa shape index (κ1) is 16.9. The van der Waals surface area contributed by atoms with E-state index in [1.165, 1.54) is 19.4 Å². The van der Waals surface area contributed by atoms with Crippen LogP contribution in [-0.4, -0.2) is 24.4 Å². The van der Waals surface area contributed by atoms with E-state index in [-0.39, 0.29) is 22.4 Å². The number of ketones is 1. The number of halogens is 1. The smallest absolute Gasteiger partial charge is 0.255 e. The van der Waals surface area contributed by atoms with E-state index in [0.29, 0.717) is 29.3 Å². The molecule has 0 unspecified atom stereocenters. The highest BCUT2D eigenvalue weighted by Gasteiger charge is 2.21. The number of hydrogen-bond donors (Lipinski definition) is 2. The molecule has 128 valence electrons. The zero-order valence-electron chi connectivity index (χ0n) is 13.6. The zero-order chi connectivity index (χ0) is 18.0. The lowest BCUT2D eigenvalue weighted by atomic mass is 9.96. The fourth-order valence-corrected chi connectivity index (χ4v) is 2.91. The summed E-state index contributed by atoms with van der Waals surface area (Å²) in [7, 11) is 1.35. The van der Waals surface area contributed by atoms with Gasteiger partial charge in [-0.15, -0.1) is 0 Å². The van der Waals surface area contributed by atoms with E-state index in [1.807, 2.05) is 0 Å². The Balaban J connectivity index is 2.17. The Morgan fingerprint density at radius 2 is 1.96 bits per heavy atom. The van der Waals surface area contributed by atoms with Crippen molar-refractivity contribution in [2.45, 2.75) is 6.42 Å². The van der Waals surface area contributed by atoms with Gasteiger partial charge in [-0.2, -0.15) is 0 Å². The number of nitrogens with one attached hydrogen (secondary N) is 1. The van der Waals surface area contributed by atoms with Crippen molar-refractivity contribution in [2.24, 2.45) is 5.73 Å². The molecule has 25 heavy (non-hydrogen) atoms. The van der Waals surface area contributed by atoms with E-state index in [2.05, 4.69) is 4.98 Å². The van der Waals surface area contributed by atoms with Crippen LogP contribution in [0.1, 0.15) is 21.5 Å². The van der Waals surface area contributed by atoms with E-state index >= 15 is 0 Å². The zero-order valence-corrected chi connectivity index (χ0v) is 13.6. The number of hydrogen-bond acceptors (Lipinski definition) is 4. The summed E-state index contributed by atoms with van der Waals surface area (Å²) in [6.07, 6.45) is 1.90. The predicted molar refractivity (Wildman–Crippen MR) is 93.7 cm³/mol. The van der Waals surface area contributed by atoms with Crippen LogP contribution in [-0.2, 0) is 6.42 Å². The molecule has 0 atom stereocenters. The molecule has 2 aromatic carbocycles. The Bertz CT molecular complexity index is 1010. The molecule has 3 rings (SSSR count). The van der Waals surface area contributed by atoms with Crippen LogP contribution in [0.3, 0.4) is 0 Å². The quantitative estimate of drug-likeness (QED) is 0.699. The standard InChI is InChI=1S/C19H17FN2O3/c1-25-18-11(7-9-21)5-6-15(16(18)20)17(23)13-3-2-4-14-12(13)8-10-22-19(14)24/h2-6,8,10H,7,9,21H2,1H3,(H,22,24). The van der Waals surface area contributed by atoms with Gasteiger partial charge in [0.2, 0.25) is 0 Å². The summed E-state index contributed by atoms with van der Waals surface area (Å²) in [5, 5.41) is 0.848. The number of rotatable bonds is 5. The lowest BCUT2D eigenvalue weighted by Crippen LogP contribution is -2.11. The summed E-state index contributed by atoms with van der Waals surface area (Å²) in [5.41, 5.74) is 5.98. The Hall–Kier alpha value is -2.99. The molecule has 0 aliphatic carbocycles. The Kier molecular flexibility index (Phi) is 4.63. The first-order chi connectivity index (χ1) is 12.1. The number of aromatic nitrogens is 1. The predicted octanol–water partition coefficient (Wildman–Crippen LogP) is 2.41. The number of benzene rings is 2. The van der Waals surface area contributed by atoms with E-state index in [0.717, 1.165) is 0 Å². The maximum absolute atomic E-state index is 14.8. The van der Waals surface area contributed by atoms with Gasteiger partial charge in [-0.05, 0) is 42.1 Å². The van der Waals surface area contributed by atoms with Gasteiger partial charge in [-0.25, -0.2) is 4.39 Å². The molecule has 0 aliphatic rings. The van der Waals surface area contributed by atoms with E-state index in [1.54, 1.807) is 30.3 Å². The molecule has 0 spiro atoms. The molecule has 0 aliphatic heterocycles. The molecular weight excluding hydrogens is 323 g/mol. The van der Waals surface area contributed by atoms with Crippen LogP contribution in [0.4, 0.5) is 4.39 Å². The number of nitrogens with two attached hydrogens (primary N) is 1. The number of pyridine rings is 1. The van der Waals surface area contributed by atoms with Crippen molar-refractivity contribution in [1.29, 1.82) is 0 Å². The van der Waals surface area contributed by atoms with Crippen LogP contribution in [0.25, 0.3) is 10.8 Å². The second kappa shape index (κ2) is 6.86. The molecule has 6 heteroatoms. The molecule has 0 bridgehead atoms. The SMILES string of the molecule is COc1c(CCN)ccc(C(=O)c2cccc3c(=O)[nH]ccc23)c1F. The van der Waals surface area contributed by atoms with Gasteiger partial charge in [0.25, 0.3) is 5.56 Å². The normalized spacial score (nSPS) is 10.8. The second-order valence-electron chi connectivity index (χ2n) is 5.56. The number of carbonyl (C=O) groups is 1. The third kappa shape index (κ3) is 2.92. The van der Waals surface area contributed by atoms with Gasteiger partial charge in [-0.1, -0.05) is 18.2 Å². The van der Waals surface area contributed by atoms with Crippen LogP contribution in [0.5, 0.6) is 5.75 Å². The van der Waals surface area contributed by atoms with Gasteiger partial charge in [0, 0.05) is 17.1 Å². The molecule has 3 aromatic rings. The van der Waals surface area contributed by atoms with Crippen LogP contribution >= 0.6 is 0 Å². The summed E-state index contributed by atoms with van der Waals surface area (Å²) >= 11 is 0. The second-order valence-corrected chi connectivity index (χ2v) is 5.56. The molecular formula is C19H17FN2O3. The van der Waals surface area contributed by atoms with Crippen molar-refractivity contribution in [3.63, 3.8) is 0 Å². The van der Waals surface area contributed by atoms with Crippen LogP contribution in [0.15, 0.2) is 47.4 Å². The van der Waals surface area contributed by atoms with Gasteiger partial charge in [0.05, 0.1) is 12.7 Å². The van der Waals surface area contributed by atoms with Crippen molar-refractivity contribution in [2.75, 3.05) is 13.7 Å². The van der Waals surface area contributed by atoms with Gasteiger partial charge in [-0.3, -0.25) is 9.59 Å². The number of methoxy groups -OCH3 is 1. The largest absolute Gasteiger partial charge is 0.493 e. The summed E-state index contributed by atoms with van der Waals surface area (Å²) < 4.78 is 19.9. The Morgan fingerprint density at radius 3 is 2.68 bits per heavy atom. The minimum Gasteiger partial charge on any atom is -0.493 e. The lowest BCUT2D eigenvalue weighted by molar-refractivity contribution is 0.103. The first-order valence-corrected chi connectivity index (χ1v) is 7.79. The highest BCUT2D eigenvalue weighted by Crippen LogP contribution is 2.28. The molecule has 1 heterocycles. The average molecular weight is 340 g/mol. The van der Waals surface area contributed by atoms with Crippen molar-refractivity contribution in [1.82, 2.24) is 4.98 Å². The first-order valence-electron chi connectivity index (χ1n) is 7.79. The van der Waals surface area contributed by atoms with Crippen LogP contribution < -0.4 is 16.0 Å².